The summed E-state index contributed by atoms with van der Waals surface area (Å²) in [5.41, 5.74) is 0. The minimum absolute atomic E-state index is 0.256. The van der Waals surface area contributed by atoms with Crippen molar-refractivity contribution in [3.05, 3.63) is 109 Å². The van der Waals surface area contributed by atoms with Crippen molar-refractivity contribution in [1.29, 1.82) is 0 Å². The standard InChI is InChI=1S/C74H127NO13/c1-3-5-7-9-11-13-15-17-19-21-23-25-27-28-29-30-31-32-33-34-36-38-40-42-44-46-48-50-52-54-56-58-66(79)75-62(61-85-73-71(84)69(82)72(65(60-77)87-73)88-74-70(83)68(81)67(80)64(59-76)86-74)63(78)57-55-53-51-49-47-45-43-41-39-37-35-26-24-22-20-18-16-14-12-10-8-6-4-2/h5,7,11,13,17,19,23,25,28-29,31-32,34,36,40,42,55,57,62-65,67-74,76-78,80-84H,3-4,6,8-10,12,14-16,18,20-22,24,26-27,30,33,35,37-39,41,43-54,56,58-61H2,1-2H3,(H,75,79)/b7-5-,13-11-,19-17-,25-23-,29-28-,32-31-,36-34-,42-40-,57-55+. The van der Waals surface area contributed by atoms with Crippen LogP contribution in [0, 0.1) is 0 Å². The number of amides is 1. The fraction of sp³-hybridized carbons (Fsp3) is 0.743. The lowest BCUT2D eigenvalue weighted by molar-refractivity contribution is -0.359. The van der Waals surface area contributed by atoms with Crippen molar-refractivity contribution >= 4 is 5.91 Å². The van der Waals surface area contributed by atoms with E-state index in [0.29, 0.717) is 6.42 Å². The minimum atomic E-state index is -1.80. The van der Waals surface area contributed by atoms with Crippen LogP contribution >= 0.6 is 0 Å². The third-order valence-electron chi connectivity index (χ3n) is 16.5. The number of hydrogen-bond donors (Lipinski definition) is 9. The number of ether oxygens (including phenoxy) is 4. The lowest BCUT2D eigenvalue weighted by atomic mass is 9.97. The van der Waals surface area contributed by atoms with Gasteiger partial charge in [-0.15, -0.1) is 0 Å². The van der Waals surface area contributed by atoms with Crippen LogP contribution in [0.2, 0.25) is 0 Å². The van der Waals surface area contributed by atoms with Gasteiger partial charge in [0.25, 0.3) is 0 Å². The van der Waals surface area contributed by atoms with Crippen molar-refractivity contribution < 1.29 is 64.6 Å². The molecule has 0 aromatic heterocycles. The fourth-order valence-electron chi connectivity index (χ4n) is 10.9. The molecule has 2 aliphatic heterocycles. The van der Waals surface area contributed by atoms with Crippen LogP contribution in [0.15, 0.2) is 109 Å². The number of allylic oxidation sites excluding steroid dienone is 17. The Balaban J connectivity index is 1.71. The molecule has 2 heterocycles. The quantitative estimate of drug-likeness (QED) is 0.0204. The summed E-state index contributed by atoms with van der Waals surface area (Å²) in [6.07, 6.45) is 65.5. The summed E-state index contributed by atoms with van der Waals surface area (Å²) in [6, 6.07) is -0.932. The van der Waals surface area contributed by atoms with Gasteiger partial charge in [-0.05, 0) is 83.5 Å². The molecule has 0 aromatic rings. The highest BCUT2D eigenvalue weighted by Gasteiger charge is 2.51. The molecule has 1 amide bonds. The molecule has 0 aromatic carbocycles. The van der Waals surface area contributed by atoms with Crippen molar-refractivity contribution in [3.8, 4) is 0 Å². The molecular formula is C74H127NO13. The number of rotatable bonds is 56. The first kappa shape index (κ1) is 80.7. The van der Waals surface area contributed by atoms with E-state index in [0.717, 1.165) is 109 Å². The maximum Gasteiger partial charge on any atom is 0.220 e. The largest absolute Gasteiger partial charge is 0.394 e. The molecule has 2 aliphatic rings. The average Bonchev–Trinajstić information content (AvgIpc) is 3.10. The van der Waals surface area contributed by atoms with Gasteiger partial charge in [-0.2, -0.15) is 0 Å². The smallest absolute Gasteiger partial charge is 0.220 e. The maximum absolute atomic E-state index is 13.3. The topological polar surface area (TPSA) is 228 Å². The molecule has 2 rings (SSSR count). The average molecular weight is 1240 g/mol. The third-order valence-corrected chi connectivity index (χ3v) is 16.5. The van der Waals surface area contributed by atoms with Crippen molar-refractivity contribution in [2.45, 2.75) is 331 Å². The molecule has 2 fully saturated rings. The first-order valence-electron chi connectivity index (χ1n) is 35.1. The zero-order valence-corrected chi connectivity index (χ0v) is 54.9. The van der Waals surface area contributed by atoms with Crippen LogP contribution in [0.25, 0.3) is 0 Å². The second-order valence-corrected chi connectivity index (χ2v) is 24.3. The Labute approximate surface area is 534 Å². The summed E-state index contributed by atoms with van der Waals surface area (Å²) in [5.74, 6) is -0.256. The van der Waals surface area contributed by atoms with Gasteiger partial charge in [-0.3, -0.25) is 4.79 Å². The molecule has 0 spiro atoms. The highest BCUT2D eigenvalue weighted by atomic mass is 16.7. The van der Waals surface area contributed by atoms with E-state index in [-0.39, 0.29) is 18.9 Å². The first-order valence-corrected chi connectivity index (χ1v) is 35.1. The van der Waals surface area contributed by atoms with Gasteiger partial charge >= 0.3 is 0 Å². The van der Waals surface area contributed by atoms with Crippen molar-refractivity contribution in [2.75, 3.05) is 19.8 Å². The molecule has 0 aliphatic carbocycles. The van der Waals surface area contributed by atoms with Crippen molar-refractivity contribution in [1.82, 2.24) is 5.32 Å². The Morgan fingerprint density at radius 3 is 1.20 bits per heavy atom. The SMILES string of the molecule is CC/C=C\C/C=C\C/C=C\C/C=C\C/C=C\C/C=C\C/C=C\C/C=C\CCCCCCCCC(=O)NC(COC1OC(CO)C(OC2OC(CO)C(O)C(O)C2O)C(O)C1O)C(O)/C=C/CCCCCCCCCCCCCCCCCCCCCCC. The number of hydrogen-bond acceptors (Lipinski definition) is 13. The highest BCUT2D eigenvalue weighted by molar-refractivity contribution is 5.76. The molecule has 0 saturated carbocycles. The van der Waals surface area contributed by atoms with E-state index in [1.807, 2.05) is 6.08 Å². The molecule has 14 heteroatoms. The molecule has 0 radical (unpaired) electrons. The Hall–Kier alpha value is -3.35. The lowest BCUT2D eigenvalue weighted by Crippen LogP contribution is -2.65. The maximum atomic E-state index is 13.3. The van der Waals surface area contributed by atoms with E-state index in [1.54, 1.807) is 6.08 Å². The summed E-state index contributed by atoms with van der Waals surface area (Å²) in [6.45, 7) is 2.69. The molecular weight excluding hydrogens is 1110 g/mol. The van der Waals surface area contributed by atoms with E-state index in [2.05, 4.69) is 116 Å². The molecule has 506 valence electrons. The number of carbonyl (C=O) groups excluding carboxylic acids is 1. The van der Waals surface area contributed by atoms with E-state index in [4.69, 9.17) is 18.9 Å². The van der Waals surface area contributed by atoms with Crippen LogP contribution in [0.4, 0.5) is 0 Å². The first-order chi connectivity index (χ1) is 43.1. The summed E-state index contributed by atoms with van der Waals surface area (Å²) >= 11 is 0. The van der Waals surface area contributed by atoms with Gasteiger partial charge in [0.15, 0.2) is 12.6 Å². The number of aliphatic hydroxyl groups excluding tert-OH is 8. The second kappa shape index (κ2) is 57.5. The third kappa shape index (κ3) is 41.2. The number of unbranched alkanes of at least 4 members (excludes halogenated alkanes) is 27. The Bertz CT molecular complexity index is 1890. The van der Waals surface area contributed by atoms with Crippen LogP contribution in [-0.2, 0) is 23.7 Å². The molecule has 0 bridgehead atoms. The Morgan fingerprint density at radius 1 is 0.420 bits per heavy atom. The van der Waals surface area contributed by atoms with E-state index in [9.17, 15) is 45.6 Å². The van der Waals surface area contributed by atoms with Crippen LogP contribution in [0.5, 0.6) is 0 Å². The van der Waals surface area contributed by atoms with Crippen molar-refractivity contribution in [2.24, 2.45) is 0 Å². The Kier molecular flexibility index (Phi) is 52.8. The summed E-state index contributed by atoms with van der Waals surface area (Å²) < 4.78 is 22.8. The predicted molar refractivity (Wildman–Crippen MR) is 359 cm³/mol. The van der Waals surface area contributed by atoms with Crippen molar-refractivity contribution in [3.63, 3.8) is 0 Å². The Morgan fingerprint density at radius 2 is 0.784 bits per heavy atom. The van der Waals surface area contributed by atoms with E-state index in [1.165, 1.54) is 122 Å². The van der Waals surface area contributed by atoms with Crippen LogP contribution in [0.3, 0.4) is 0 Å². The highest BCUT2D eigenvalue weighted by Crippen LogP contribution is 2.30. The number of carbonyl (C=O) groups is 1. The van der Waals surface area contributed by atoms with Gasteiger partial charge in [0.05, 0.1) is 32.0 Å². The van der Waals surface area contributed by atoms with Gasteiger partial charge in [0, 0.05) is 6.42 Å². The second-order valence-electron chi connectivity index (χ2n) is 24.3. The summed E-state index contributed by atoms with van der Waals surface area (Å²) in [7, 11) is 0. The number of aliphatic hydroxyl groups is 8. The van der Waals surface area contributed by atoms with Crippen LogP contribution in [-0.4, -0.2) is 140 Å². The molecule has 14 nitrogen and oxygen atoms in total. The zero-order valence-electron chi connectivity index (χ0n) is 54.9. The minimum Gasteiger partial charge on any atom is -0.394 e. The molecule has 9 N–H and O–H groups in total. The normalized spacial score (nSPS) is 23.8. The lowest BCUT2D eigenvalue weighted by Gasteiger charge is -2.46. The van der Waals surface area contributed by atoms with E-state index < -0.39 is 86.8 Å². The van der Waals surface area contributed by atoms with Gasteiger partial charge in [0.2, 0.25) is 5.91 Å². The van der Waals surface area contributed by atoms with Gasteiger partial charge in [-0.25, -0.2) is 0 Å². The van der Waals surface area contributed by atoms with Gasteiger partial charge in [-0.1, -0.05) is 277 Å². The summed E-state index contributed by atoms with van der Waals surface area (Å²) in [4.78, 5) is 13.3. The monoisotopic (exact) mass is 1240 g/mol. The van der Waals surface area contributed by atoms with Gasteiger partial charge in [0.1, 0.15) is 48.8 Å². The van der Waals surface area contributed by atoms with Crippen LogP contribution < -0.4 is 5.32 Å². The van der Waals surface area contributed by atoms with Gasteiger partial charge < -0.3 is 65.1 Å². The van der Waals surface area contributed by atoms with Crippen LogP contribution in [0.1, 0.15) is 258 Å². The van der Waals surface area contributed by atoms with E-state index >= 15 is 0 Å². The summed E-state index contributed by atoms with van der Waals surface area (Å²) in [5, 5.41) is 87.4. The molecule has 2 saturated heterocycles. The molecule has 12 atom stereocenters. The number of nitrogens with one attached hydrogen (secondary N) is 1. The molecule has 12 unspecified atom stereocenters. The fourth-order valence-corrected chi connectivity index (χ4v) is 10.9. The molecule has 88 heavy (non-hydrogen) atoms. The zero-order chi connectivity index (χ0) is 63.8. The predicted octanol–water partition coefficient (Wildman–Crippen LogP) is 14.3.